The van der Waals surface area contributed by atoms with E-state index in [4.69, 9.17) is 10.5 Å². The van der Waals surface area contributed by atoms with Gasteiger partial charge in [-0.05, 0) is 11.4 Å². The summed E-state index contributed by atoms with van der Waals surface area (Å²) in [6.07, 6.45) is 1.56. The Balaban J connectivity index is 2.12. The van der Waals surface area contributed by atoms with Gasteiger partial charge >= 0.3 is 0 Å². The van der Waals surface area contributed by atoms with Crippen molar-refractivity contribution in [3.63, 3.8) is 0 Å². The number of nitrogens with zero attached hydrogens (tertiary/aromatic N) is 2. The summed E-state index contributed by atoms with van der Waals surface area (Å²) < 4.78 is 6.79. The number of fused-ring (bicyclic) bond motifs is 1. The maximum Gasteiger partial charge on any atom is 0.262 e. The summed E-state index contributed by atoms with van der Waals surface area (Å²) >= 11 is 1.47. The monoisotopic (exact) mass is 239 g/mol. The van der Waals surface area contributed by atoms with E-state index in [1.54, 1.807) is 17.0 Å². The highest BCUT2D eigenvalue weighted by Gasteiger charge is 2.04. The Hall–Kier alpha value is -1.24. The molecule has 0 fully saturated rings. The zero-order valence-corrected chi connectivity index (χ0v) is 9.57. The Kier molecular flexibility index (Phi) is 3.66. The third-order valence-corrected chi connectivity index (χ3v) is 3.01. The highest BCUT2D eigenvalue weighted by Crippen LogP contribution is 2.12. The van der Waals surface area contributed by atoms with Crippen molar-refractivity contribution < 1.29 is 4.74 Å². The molecule has 6 heteroatoms. The first-order chi connectivity index (χ1) is 7.83. The van der Waals surface area contributed by atoms with Crippen LogP contribution in [-0.4, -0.2) is 29.3 Å². The first-order valence-corrected chi connectivity index (χ1v) is 5.91. The van der Waals surface area contributed by atoms with E-state index in [0.29, 0.717) is 31.7 Å². The molecule has 2 N–H and O–H groups in total. The van der Waals surface area contributed by atoms with Gasteiger partial charge in [-0.25, -0.2) is 4.98 Å². The molecule has 16 heavy (non-hydrogen) atoms. The number of hydrogen-bond donors (Lipinski definition) is 1. The Morgan fingerprint density at radius 1 is 1.50 bits per heavy atom. The second-order valence-corrected chi connectivity index (χ2v) is 4.18. The van der Waals surface area contributed by atoms with Crippen LogP contribution in [0.3, 0.4) is 0 Å². The number of rotatable bonds is 5. The summed E-state index contributed by atoms with van der Waals surface area (Å²) in [4.78, 5) is 16.9. The quantitative estimate of drug-likeness (QED) is 0.768. The predicted molar refractivity (Wildman–Crippen MR) is 63.8 cm³/mol. The van der Waals surface area contributed by atoms with Crippen molar-refractivity contribution in [3.05, 3.63) is 28.1 Å². The highest BCUT2D eigenvalue weighted by atomic mass is 32.1. The van der Waals surface area contributed by atoms with Crippen molar-refractivity contribution in [2.24, 2.45) is 5.73 Å². The van der Waals surface area contributed by atoms with Gasteiger partial charge in [0.2, 0.25) is 0 Å². The first-order valence-electron chi connectivity index (χ1n) is 5.03. The zero-order valence-electron chi connectivity index (χ0n) is 8.76. The Labute approximate surface area is 96.5 Å². The summed E-state index contributed by atoms with van der Waals surface area (Å²) in [5.41, 5.74) is 5.28. The maximum atomic E-state index is 11.9. The molecule has 2 heterocycles. The number of nitrogens with two attached hydrogens (primary N) is 1. The zero-order chi connectivity index (χ0) is 11.4. The highest BCUT2D eigenvalue weighted by molar-refractivity contribution is 7.16. The van der Waals surface area contributed by atoms with E-state index >= 15 is 0 Å². The summed E-state index contributed by atoms with van der Waals surface area (Å²) in [5.74, 6) is 0. The molecule has 0 aliphatic carbocycles. The van der Waals surface area contributed by atoms with E-state index in [1.165, 1.54) is 11.3 Å². The normalized spacial score (nSPS) is 11.1. The molecule has 0 unspecified atom stereocenters. The second kappa shape index (κ2) is 5.20. The van der Waals surface area contributed by atoms with Crippen molar-refractivity contribution >= 4 is 21.6 Å². The second-order valence-electron chi connectivity index (χ2n) is 3.28. The number of thiophene rings is 1. The molecule has 0 saturated heterocycles. The molecule has 0 saturated carbocycles. The van der Waals surface area contributed by atoms with Crippen LogP contribution in [0.15, 0.2) is 22.6 Å². The van der Waals surface area contributed by atoms with Crippen LogP contribution in [0.5, 0.6) is 0 Å². The van der Waals surface area contributed by atoms with Gasteiger partial charge < -0.3 is 10.5 Å². The molecule has 86 valence electrons. The number of hydrogen-bond acceptors (Lipinski definition) is 5. The van der Waals surface area contributed by atoms with Crippen LogP contribution in [0, 0.1) is 0 Å². The van der Waals surface area contributed by atoms with Gasteiger partial charge in [-0.1, -0.05) is 0 Å². The van der Waals surface area contributed by atoms with Gasteiger partial charge in [0.15, 0.2) is 0 Å². The molecular weight excluding hydrogens is 226 g/mol. The molecule has 0 amide bonds. The van der Waals surface area contributed by atoms with Crippen LogP contribution < -0.4 is 11.3 Å². The molecule has 0 aromatic carbocycles. The third-order valence-electron chi connectivity index (χ3n) is 2.19. The van der Waals surface area contributed by atoms with Crippen LogP contribution in [-0.2, 0) is 11.3 Å². The minimum Gasteiger partial charge on any atom is -0.378 e. The molecule has 0 atom stereocenters. The summed E-state index contributed by atoms with van der Waals surface area (Å²) in [7, 11) is 0. The van der Waals surface area contributed by atoms with E-state index in [0.717, 1.165) is 4.83 Å². The lowest BCUT2D eigenvalue weighted by Gasteiger charge is -2.05. The van der Waals surface area contributed by atoms with Crippen molar-refractivity contribution in [3.8, 4) is 0 Å². The lowest BCUT2D eigenvalue weighted by Crippen LogP contribution is -2.23. The van der Waals surface area contributed by atoms with Crippen molar-refractivity contribution in [2.75, 3.05) is 19.8 Å². The molecular formula is C10H13N3O2S. The topological polar surface area (TPSA) is 70.1 Å². The average molecular weight is 239 g/mol. The molecule has 0 radical (unpaired) electrons. The van der Waals surface area contributed by atoms with E-state index in [2.05, 4.69) is 4.98 Å². The molecule has 2 aromatic heterocycles. The lowest BCUT2D eigenvalue weighted by molar-refractivity contribution is 0.132. The predicted octanol–water partition coefficient (Wildman–Crippen LogP) is 0.433. The molecule has 0 aliphatic rings. The Morgan fingerprint density at radius 2 is 2.38 bits per heavy atom. The largest absolute Gasteiger partial charge is 0.378 e. The van der Waals surface area contributed by atoms with Gasteiger partial charge in [0.25, 0.3) is 5.56 Å². The summed E-state index contributed by atoms with van der Waals surface area (Å²) in [6, 6.07) is 1.80. The Bertz CT molecular complexity index is 520. The summed E-state index contributed by atoms with van der Waals surface area (Å²) in [6.45, 7) is 2.01. The Morgan fingerprint density at radius 3 is 3.19 bits per heavy atom. The van der Waals surface area contributed by atoms with Crippen LogP contribution in [0.25, 0.3) is 10.2 Å². The maximum absolute atomic E-state index is 11.9. The minimum atomic E-state index is -0.0115. The van der Waals surface area contributed by atoms with Gasteiger partial charge in [-0.2, -0.15) is 0 Å². The first kappa shape index (κ1) is 11.3. The van der Waals surface area contributed by atoms with Crippen molar-refractivity contribution in [1.29, 1.82) is 0 Å². The standard InChI is InChI=1S/C10H13N3O2S/c11-2-4-15-5-3-13-7-12-9-8(10(13)14)1-6-16-9/h1,6-7H,2-5,11H2. The van der Waals surface area contributed by atoms with Crippen LogP contribution in [0.2, 0.25) is 0 Å². The molecule has 5 nitrogen and oxygen atoms in total. The van der Waals surface area contributed by atoms with Crippen LogP contribution >= 0.6 is 11.3 Å². The molecule has 2 aromatic rings. The van der Waals surface area contributed by atoms with Crippen LogP contribution in [0.1, 0.15) is 0 Å². The van der Waals surface area contributed by atoms with Gasteiger partial charge in [-0.15, -0.1) is 11.3 Å². The van der Waals surface area contributed by atoms with Gasteiger partial charge in [0.05, 0.1) is 31.5 Å². The van der Waals surface area contributed by atoms with Crippen molar-refractivity contribution in [2.45, 2.75) is 6.54 Å². The summed E-state index contributed by atoms with van der Waals surface area (Å²) in [5, 5.41) is 2.54. The van der Waals surface area contributed by atoms with Gasteiger partial charge in [0, 0.05) is 6.54 Å². The SMILES string of the molecule is NCCOCCn1cnc2sccc2c1=O. The van der Waals surface area contributed by atoms with Gasteiger partial charge in [0.1, 0.15) is 4.83 Å². The minimum absolute atomic E-state index is 0.0115. The molecule has 0 spiro atoms. The fraction of sp³-hybridized carbons (Fsp3) is 0.400. The van der Waals surface area contributed by atoms with E-state index < -0.39 is 0 Å². The van der Waals surface area contributed by atoms with E-state index in [9.17, 15) is 4.79 Å². The fourth-order valence-electron chi connectivity index (χ4n) is 1.40. The number of aromatic nitrogens is 2. The molecule has 0 bridgehead atoms. The fourth-order valence-corrected chi connectivity index (χ4v) is 2.12. The average Bonchev–Trinajstić information content (AvgIpc) is 2.76. The molecule has 2 rings (SSSR count). The smallest absolute Gasteiger partial charge is 0.262 e. The van der Waals surface area contributed by atoms with E-state index in [-0.39, 0.29) is 5.56 Å². The lowest BCUT2D eigenvalue weighted by atomic mass is 10.4. The molecule has 0 aliphatic heterocycles. The number of ether oxygens (including phenoxy) is 1. The van der Waals surface area contributed by atoms with Crippen LogP contribution in [0.4, 0.5) is 0 Å². The van der Waals surface area contributed by atoms with Gasteiger partial charge in [-0.3, -0.25) is 9.36 Å². The van der Waals surface area contributed by atoms with E-state index in [1.807, 2.05) is 5.38 Å². The third kappa shape index (κ3) is 2.29. The van der Waals surface area contributed by atoms with Crippen molar-refractivity contribution in [1.82, 2.24) is 9.55 Å².